The first-order valence-electron chi connectivity index (χ1n) is 3.96. The molecule has 13 heavy (non-hydrogen) atoms. The van der Waals surface area contributed by atoms with Gasteiger partial charge in [-0.2, -0.15) is 0 Å². The highest BCUT2D eigenvalue weighted by atomic mass is 35.5. The molecular weight excluding hydrogens is 212 g/mol. The van der Waals surface area contributed by atoms with Gasteiger partial charge in [0.1, 0.15) is 5.82 Å². The van der Waals surface area contributed by atoms with Crippen LogP contribution in [0.4, 0.5) is 4.39 Å². The predicted molar refractivity (Wildman–Crippen MR) is 53.6 cm³/mol. The molecule has 1 unspecified atom stereocenters. The van der Waals surface area contributed by atoms with Gasteiger partial charge in [0.25, 0.3) is 0 Å². The van der Waals surface area contributed by atoms with Gasteiger partial charge in [-0.3, -0.25) is 0 Å². The van der Waals surface area contributed by atoms with Crippen LogP contribution in [-0.4, -0.2) is 0 Å². The third-order valence-electron chi connectivity index (χ3n) is 1.89. The minimum Gasteiger partial charge on any atom is -0.324 e. The fraction of sp³-hybridized carbons (Fsp3) is 0.333. The van der Waals surface area contributed by atoms with Gasteiger partial charge in [0.2, 0.25) is 0 Å². The Hall–Kier alpha value is -0.310. The third-order valence-corrected chi connectivity index (χ3v) is 2.51. The molecule has 1 atom stereocenters. The summed E-state index contributed by atoms with van der Waals surface area (Å²) in [6, 6.07) is 2.58. The maximum Gasteiger partial charge on any atom is 0.148 e. The molecule has 0 aliphatic carbocycles. The molecule has 0 bridgehead atoms. The lowest BCUT2D eigenvalue weighted by atomic mass is 10.1. The molecule has 0 aliphatic rings. The van der Waals surface area contributed by atoms with Crippen LogP contribution in [0, 0.1) is 5.82 Å². The van der Waals surface area contributed by atoms with Crippen molar-refractivity contribution in [3.8, 4) is 0 Å². The van der Waals surface area contributed by atoms with Crippen LogP contribution in [0.15, 0.2) is 12.1 Å². The average Bonchev–Trinajstić information content (AvgIpc) is 2.12. The molecule has 0 aromatic heterocycles. The Labute approximate surface area is 86.6 Å². The molecule has 0 aliphatic heterocycles. The van der Waals surface area contributed by atoms with E-state index in [0.717, 1.165) is 0 Å². The van der Waals surface area contributed by atoms with Crippen LogP contribution in [0.3, 0.4) is 0 Å². The summed E-state index contributed by atoms with van der Waals surface area (Å²) in [6.45, 7) is 1.86. The van der Waals surface area contributed by atoms with Crippen LogP contribution in [0.5, 0.6) is 0 Å². The first-order chi connectivity index (χ1) is 6.07. The second kappa shape index (κ2) is 4.27. The second-order valence-electron chi connectivity index (χ2n) is 2.77. The second-order valence-corrected chi connectivity index (χ2v) is 3.59. The topological polar surface area (TPSA) is 26.0 Å². The molecule has 0 radical (unpaired) electrons. The lowest BCUT2D eigenvalue weighted by Gasteiger charge is -2.12. The molecule has 1 nitrogen and oxygen atoms in total. The van der Waals surface area contributed by atoms with Crippen LogP contribution in [0.25, 0.3) is 0 Å². The van der Waals surface area contributed by atoms with E-state index in [1.54, 1.807) is 6.07 Å². The van der Waals surface area contributed by atoms with Crippen LogP contribution in [0.2, 0.25) is 10.0 Å². The Morgan fingerprint density at radius 1 is 1.38 bits per heavy atom. The van der Waals surface area contributed by atoms with Gasteiger partial charge in [-0.25, -0.2) is 4.39 Å². The zero-order valence-electron chi connectivity index (χ0n) is 7.15. The van der Waals surface area contributed by atoms with E-state index in [1.807, 2.05) is 6.92 Å². The van der Waals surface area contributed by atoms with Crippen molar-refractivity contribution in [3.63, 3.8) is 0 Å². The number of benzene rings is 1. The normalized spacial score (nSPS) is 13.0. The van der Waals surface area contributed by atoms with Crippen molar-refractivity contribution in [2.75, 3.05) is 0 Å². The molecule has 0 amide bonds. The highest BCUT2D eigenvalue weighted by molar-refractivity contribution is 6.33. The fourth-order valence-electron chi connectivity index (χ4n) is 1.09. The Morgan fingerprint density at radius 3 is 2.46 bits per heavy atom. The molecule has 2 N–H and O–H groups in total. The van der Waals surface area contributed by atoms with Gasteiger partial charge in [-0.15, -0.1) is 0 Å². The maximum absolute atomic E-state index is 13.4. The zero-order valence-corrected chi connectivity index (χ0v) is 8.66. The highest BCUT2D eigenvalue weighted by Crippen LogP contribution is 2.30. The smallest absolute Gasteiger partial charge is 0.148 e. The Kier molecular flexibility index (Phi) is 3.54. The number of nitrogens with two attached hydrogens (primary N) is 1. The minimum atomic E-state index is -0.511. The molecule has 1 aromatic carbocycles. The summed E-state index contributed by atoms with van der Waals surface area (Å²) in [5.41, 5.74) is 5.98. The van der Waals surface area contributed by atoms with Crippen LogP contribution >= 0.6 is 23.2 Å². The molecule has 0 saturated heterocycles. The van der Waals surface area contributed by atoms with Gasteiger partial charge in [-0.1, -0.05) is 30.1 Å². The Bertz CT molecular complexity index is 315. The van der Waals surface area contributed by atoms with Crippen molar-refractivity contribution in [2.45, 2.75) is 19.4 Å². The van der Waals surface area contributed by atoms with Gasteiger partial charge >= 0.3 is 0 Å². The minimum absolute atomic E-state index is 0.0586. The van der Waals surface area contributed by atoms with E-state index in [-0.39, 0.29) is 5.02 Å². The summed E-state index contributed by atoms with van der Waals surface area (Å²) >= 11 is 11.4. The van der Waals surface area contributed by atoms with Gasteiger partial charge in [0.05, 0.1) is 5.02 Å². The quantitative estimate of drug-likeness (QED) is 0.761. The standard InChI is InChI=1S/C9H10Cl2FN/c1-2-7(13)8-5(10)3-4-6(11)9(8)12/h3-4,7H,2,13H2,1H3. The molecule has 0 heterocycles. The van der Waals surface area contributed by atoms with Crippen molar-refractivity contribution >= 4 is 23.2 Å². The van der Waals surface area contributed by atoms with E-state index in [0.29, 0.717) is 17.0 Å². The monoisotopic (exact) mass is 221 g/mol. The molecule has 72 valence electrons. The van der Waals surface area contributed by atoms with E-state index in [4.69, 9.17) is 28.9 Å². The van der Waals surface area contributed by atoms with Gasteiger partial charge < -0.3 is 5.73 Å². The highest BCUT2D eigenvalue weighted by Gasteiger charge is 2.16. The maximum atomic E-state index is 13.4. The van der Waals surface area contributed by atoms with E-state index in [2.05, 4.69) is 0 Å². The van der Waals surface area contributed by atoms with E-state index < -0.39 is 11.9 Å². The molecule has 4 heteroatoms. The first kappa shape index (κ1) is 10.8. The summed E-state index contributed by atoms with van der Waals surface area (Å²) < 4.78 is 13.4. The average molecular weight is 222 g/mol. The molecular formula is C9H10Cl2FN. The van der Waals surface area contributed by atoms with E-state index in [9.17, 15) is 4.39 Å². The number of hydrogen-bond donors (Lipinski definition) is 1. The number of hydrogen-bond acceptors (Lipinski definition) is 1. The Balaban J connectivity index is 3.25. The van der Waals surface area contributed by atoms with Crippen molar-refractivity contribution in [1.82, 2.24) is 0 Å². The van der Waals surface area contributed by atoms with Gasteiger partial charge in [-0.05, 0) is 18.6 Å². The largest absolute Gasteiger partial charge is 0.324 e. The lowest BCUT2D eigenvalue weighted by Crippen LogP contribution is -2.11. The summed E-state index contributed by atoms with van der Waals surface area (Å²) in [4.78, 5) is 0. The van der Waals surface area contributed by atoms with Crippen LogP contribution < -0.4 is 5.73 Å². The third kappa shape index (κ3) is 2.13. The van der Waals surface area contributed by atoms with Gasteiger partial charge in [0.15, 0.2) is 0 Å². The van der Waals surface area contributed by atoms with Crippen LogP contribution in [0.1, 0.15) is 24.9 Å². The van der Waals surface area contributed by atoms with Gasteiger partial charge in [0, 0.05) is 16.6 Å². The summed E-state index contributed by atoms with van der Waals surface area (Å²) in [5, 5.41) is 0.388. The zero-order chi connectivity index (χ0) is 10.0. The van der Waals surface area contributed by atoms with Crippen molar-refractivity contribution in [2.24, 2.45) is 5.73 Å². The fourth-order valence-corrected chi connectivity index (χ4v) is 1.54. The summed E-state index contributed by atoms with van der Waals surface area (Å²) in [7, 11) is 0. The first-order valence-corrected chi connectivity index (χ1v) is 4.72. The molecule has 0 spiro atoms. The molecule has 0 fully saturated rings. The molecule has 0 saturated carbocycles. The molecule has 1 rings (SSSR count). The summed E-state index contributed by atoms with van der Waals surface area (Å²) in [6.07, 6.45) is 0.622. The lowest BCUT2D eigenvalue weighted by molar-refractivity contribution is 0.576. The number of rotatable bonds is 2. The predicted octanol–water partition coefficient (Wildman–Crippen LogP) is 3.54. The van der Waals surface area contributed by atoms with Crippen molar-refractivity contribution in [3.05, 3.63) is 33.6 Å². The van der Waals surface area contributed by atoms with Crippen molar-refractivity contribution in [1.29, 1.82) is 0 Å². The Morgan fingerprint density at radius 2 is 1.92 bits per heavy atom. The van der Waals surface area contributed by atoms with E-state index >= 15 is 0 Å². The molecule has 1 aromatic rings. The van der Waals surface area contributed by atoms with Crippen LogP contribution in [-0.2, 0) is 0 Å². The SMILES string of the molecule is CCC(N)c1c(Cl)ccc(Cl)c1F. The van der Waals surface area contributed by atoms with E-state index in [1.165, 1.54) is 6.07 Å². The van der Waals surface area contributed by atoms with Crippen molar-refractivity contribution < 1.29 is 4.39 Å². The number of halogens is 3. The summed E-state index contributed by atoms with van der Waals surface area (Å²) in [5.74, 6) is -0.511.